The molecule has 0 bridgehead atoms. The Labute approximate surface area is 152 Å². The van der Waals surface area contributed by atoms with Crippen molar-refractivity contribution in [3.63, 3.8) is 0 Å². The average Bonchev–Trinajstić information content (AvgIpc) is 2.99. The van der Waals surface area contributed by atoms with Crippen LogP contribution in [-0.4, -0.2) is 55.3 Å². The first kappa shape index (κ1) is 17.1. The molecule has 3 heterocycles. The van der Waals surface area contributed by atoms with Crippen molar-refractivity contribution in [2.75, 3.05) is 33.5 Å². The maximum atomic E-state index is 9.83. The van der Waals surface area contributed by atoms with Gasteiger partial charge in [0.25, 0.3) is 0 Å². The van der Waals surface area contributed by atoms with Crippen LogP contribution in [0.25, 0.3) is 11.0 Å². The second kappa shape index (κ2) is 6.79. The summed E-state index contributed by atoms with van der Waals surface area (Å²) in [6.45, 7) is 3.31. The molecule has 1 unspecified atom stereocenters. The normalized spacial score (nSPS) is 21.6. The third-order valence-electron chi connectivity index (χ3n) is 4.95. The van der Waals surface area contributed by atoms with Crippen LogP contribution in [0.5, 0.6) is 5.75 Å². The van der Waals surface area contributed by atoms with Gasteiger partial charge in [-0.15, -0.1) is 0 Å². The van der Waals surface area contributed by atoms with Crippen LogP contribution in [0.1, 0.15) is 5.76 Å². The minimum atomic E-state index is -0.427. The average molecular weight is 357 g/mol. The molecule has 2 aliphatic heterocycles. The lowest BCUT2D eigenvalue weighted by Crippen LogP contribution is -2.66. The van der Waals surface area contributed by atoms with Crippen LogP contribution in [0, 0.1) is 6.92 Å². The minimum absolute atomic E-state index is 0.0157. The van der Waals surface area contributed by atoms with Crippen molar-refractivity contribution in [2.24, 2.45) is 0 Å². The maximum absolute atomic E-state index is 9.83. The SMILES string of the molecule is COC1C(COc2ccc3oc(C)cc3c2)=CC=CN1C1(CO)COC1. The molecule has 6 nitrogen and oxygen atoms in total. The summed E-state index contributed by atoms with van der Waals surface area (Å²) in [5.74, 6) is 1.66. The monoisotopic (exact) mass is 357 g/mol. The van der Waals surface area contributed by atoms with E-state index in [0.29, 0.717) is 19.8 Å². The van der Waals surface area contributed by atoms with Gasteiger partial charge in [0, 0.05) is 24.3 Å². The van der Waals surface area contributed by atoms with E-state index in [1.807, 2.05) is 54.4 Å². The molecule has 1 saturated heterocycles. The molecule has 1 atom stereocenters. The summed E-state index contributed by atoms with van der Waals surface area (Å²) in [6, 6.07) is 7.78. The number of aliphatic hydroxyl groups excluding tert-OH is 1. The lowest BCUT2D eigenvalue weighted by Gasteiger charge is -2.51. The zero-order valence-electron chi connectivity index (χ0n) is 15.0. The number of aryl methyl sites for hydroxylation is 1. The van der Waals surface area contributed by atoms with Gasteiger partial charge >= 0.3 is 0 Å². The fourth-order valence-corrected chi connectivity index (χ4v) is 3.46. The number of aliphatic hydroxyl groups is 1. The highest BCUT2D eigenvalue weighted by Crippen LogP contribution is 2.32. The van der Waals surface area contributed by atoms with Gasteiger partial charge in [0.1, 0.15) is 29.2 Å². The molecule has 6 heteroatoms. The number of allylic oxidation sites excluding steroid dienone is 2. The lowest BCUT2D eigenvalue weighted by atomic mass is 9.94. The van der Waals surface area contributed by atoms with Gasteiger partial charge in [-0.2, -0.15) is 0 Å². The second-order valence-corrected chi connectivity index (χ2v) is 6.80. The number of nitrogens with zero attached hydrogens (tertiary/aromatic N) is 1. The predicted molar refractivity (Wildman–Crippen MR) is 96.9 cm³/mol. The molecule has 2 aromatic rings. The van der Waals surface area contributed by atoms with Crippen molar-refractivity contribution < 1.29 is 23.7 Å². The standard InChI is InChI=1S/C20H23NO5/c1-14-8-16-9-17(5-6-18(16)26-14)25-10-15-4-3-7-21(19(15)23-2)20(11-22)12-24-13-20/h3-9,19,22H,10-13H2,1-2H3. The number of ether oxygens (including phenoxy) is 3. The first-order chi connectivity index (χ1) is 12.6. The van der Waals surface area contributed by atoms with Gasteiger partial charge < -0.3 is 28.6 Å². The Morgan fingerprint density at radius 3 is 2.85 bits per heavy atom. The molecule has 1 fully saturated rings. The Bertz CT molecular complexity index is 843. The van der Waals surface area contributed by atoms with E-state index in [9.17, 15) is 5.11 Å². The molecule has 0 aliphatic carbocycles. The van der Waals surface area contributed by atoms with Crippen molar-refractivity contribution in [3.8, 4) is 5.75 Å². The third-order valence-corrected chi connectivity index (χ3v) is 4.95. The number of hydrogen-bond acceptors (Lipinski definition) is 6. The molecule has 0 amide bonds. The fraction of sp³-hybridized carbons (Fsp3) is 0.400. The molecule has 1 N–H and O–H groups in total. The molecule has 0 radical (unpaired) electrons. The summed E-state index contributed by atoms with van der Waals surface area (Å²) in [5.41, 5.74) is 1.41. The molecule has 1 aromatic carbocycles. The summed E-state index contributed by atoms with van der Waals surface area (Å²) < 4.78 is 22.6. The zero-order chi connectivity index (χ0) is 18.1. The van der Waals surface area contributed by atoms with E-state index in [2.05, 4.69) is 0 Å². The van der Waals surface area contributed by atoms with E-state index in [1.165, 1.54) is 0 Å². The smallest absolute Gasteiger partial charge is 0.155 e. The van der Waals surface area contributed by atoms with E-state index < -0.39 is 5.54 Å². The summed E-state index contributed by atoms with van der Waals surface area (Å²) in [6.07, 6.45) is 5.59. The molecular formula is C20H23NO5. The first-order valence-corrected chi connectivity index (χ1v) is 8.65. The van der Waals surface area contributed by atoms with E-state index in [-0.39, 0.29) is 12.8 Å². The molecule has 1 aromatic heterocycles. The Morgan fingerprint density at radius 1 is 1.31 bits per heavy atom. The zero-order valence-corrected chi connectivity index (χ0v) is 15.0. The van der Waals surface area contributed by atoms with Crippen LogP contribution in [0.3, 0.4) is 0 Å². The van der Waals surface area contributed by atoms with Gasteiger partial charge in [-0.3, -0.25) is 0 Å². The maximum Gasteiger partial charge on any atom is 0.155 e. The number of hydrogen-bond donors (Lipinski definition) is 1. The second-order valence-electron chi connectivity index (χ2n) is 6.80. The molecule has 138 valence electrons. The first-order valence-electron chi connectivity index (χ1n) is 8.65. The van der Waals surface area contributed by atoms with Gasteiger partial charge in [0.05, 0.1) is 19.8 Å². The summed E-state index contributed by atoms with van der Waals surface area (Å²) in [4.78, 5) is 2.03. The lowest BCUT2D eigenvalue weighted by molar-refractivity contribution is -0.183. The number of rotatable bonds is 6. The van der Waals surface area contributed by atoms with Crippen LogP contribution in [0.4, 0.5) is 0 Å². The summed E-state index contributed by atoms with van der Waals surface area (Å²) in [5, 5.41) is 10.8. The Hall–Kier alpha value is -2.28. The Kier molecular flexibility index (Phi) is 4.48. The van der Waals surface area contributed by atoms with Crippen LogP contribution < -0.4 is 4.74 Å². The summed E-state index contributed by atoms with van der Waals surface area (Å²) in [7, 11) is 1.66. The molecule has 2 aliphatic rings. The van der Waals surface area contributed by atoms with Gasteiger partial charge in [0.15, 0.2) is 6.23 Å². The van der Waals surface area contributed by atoms with Crippen molar-refractivity contribution in [1.29, 1.82) is 0 Å². The molecule has 4 rings (SSSR count). The Morgan fingerprint density at radius 2 is 2.15 bits per heavy atom. The largest absolute Gasteiger partial charge is 0.489 e. The topological polar surface area (TPSA) is 64.3 Å². The highest BCUT2D eigenvalue weighted by Gasteiger charge is 2.46. The number of fused-ring (bicyclic) bond motifs is 1. The van der Waals surface area contributed by atoms with Crippen LogP contribution >= 0.6 is 0 Å². The van der Waals surface area contributed by atoms with Gasteiger partial charge in [-0.05, 0) is 37.3 Å². The molecule has 0 saturated carbocycles. The fourth-order valence-electron chi connectivity index (χ4n) is 3.46. The van der Waals surface area contributed by atoms with Crippen LogP contribution in [-0.2, 0) is 9.47 Å². The van der Waals surface area contributed by atoms with Crippen molar-refractivity contribution >= 4 is 11.0 Å². The quantitative estimate of drug-likeness (QED) is 0.857. The van der Waals surface area contributed by atoms with Crippen molar-refractivity contribution in [2.45, 2.75) is 18.7 Å². The van der Waals surface area contributed by atoms with Gasteiger partial charge in [0.2, 0.25) is 0 Å². The Balaban J connectivity index is 1.49. The molecular weight excluding hydrogens is 334 g/mol. The predicted octanol–water partition coefficient (Wildman–Crippen LogP) is 2.61. The van der Waals surface area contributed by atoms with Gasteiger partial charge in [-0.1, -0.05) is 6.08 Å². The van der Waals surface area contributed by atoms with E-state index in [4.69, 9.17) is 18.6 Å². The van der Waals surface area contributed by atoms with Crippen molar-refractivity contribution in [3.05, 3.63) is 54.0 Å². The van der Waals surface area contributed by atoms with E-state index >= 15 is 0 Å². The third kappa shape index (κ3) is 2.90. The minimum Gasteiger partial charge on any atom is -0.489 e. The van der Waals surface area contributed by atoms with Crippen LogP contribution in [0.15, 0.2) is 52.6 Å². The van der Waals surface area contributed by atoms with E-state index in [0.717, 1.165) is 28.1 Å². The molecule has 0 spiro atoms. The highest BCUT2D eigenvalue weighted by molar-refractivity contribution is 5.79. The number of furan rings is 1. The van der Waals surface area contributed by atoms with Gasteiger partial charge in [-0.25, -0.2) is 0 Å². The highest BCUT2D eigenvalue weighted by atomic mass is 16.5. The molecule has 26 heavy (non-hydrogen) atoms. The van der Waals surface area contributed by atoms with Crippen LogP contribution in [0.2, 0.25) is 0 Å². The van der Waals surface area contributed by atoms with Crippen molar-refractivity contribution in [1.82, 2.24) is 4.90 Å². The number of benzene rings is 1. The van der Waals surface area contributed by atoms with E-state index in [1.54, 1.807) is 7.11 Å². The number of methoxy groups -OCH3 is 1. The summed E-state index contributed by atoms with van der Waals surface area (Å²) >= 11 is 0.